The van der Waals surface area contributed by atoms with Crippen LogP contribution in [0, 0.1) is 0 Å². The van der Waals surface area contributed by atoms with Crippen molar-refractivity contribution in [3.8, 4) is 22.5 Å². The van der Waals surface area contributed by atoms with Gasteiger partial charge in [-0.2, -0.15) is 5.10 Å². The number of rotatable bonds is 11. The van der Waals surface area contributed by atoms with Crippen LogP contribution in [0.5, 0.6) is 0 Å². The highest BCUT2D eigenvalue weighted by Gasteiger charge is 2.41. The molecule has 0 aliphatic rings. The first kappa shape index (κ1) is 35.3. The number of aryl methyl sites for hydroxylation is 1. The van der Waals surface area contributed by atoms with Crippen LogP contribution in [0.2, 0.25) is 0 Å². The number of hydrogen-bond acceptors (Lipinski definition) is 6. The molecule has 0 saturated carbocycles. The Balaban J connectivity index is 1.28. The summed E-state index contributed by atoms with van der Waals surface area (Å²) in [6, 6.07) is 47.7. The van der Waals surface area contributed by atoms with Gasteiger partial charge in [0.1, 0.15) is 5.56 Å². The summed E-state index contributed by atoms with van der Waals surface area (Å²) >= 11 is 0. The van der Waals surface area contributed by atoms with E-state index in [0.717, 1.165) is 56.8 Å². The standard InChI is InChI=1S/C45H44N6O2/c1-6-30-50-39(40(43(52)53-5)41(47-50)44(2,3)4)31-32-26-28-33(29-27-32)37-24-16-17-25-38(37)42-46-49-51(48-42)45(34-18-10-7-11-19-34,35-20-12-8-13-21-35)36-22-14-9-15-23-36/h7-29H,6,30-31H2,1-5H3. The van der Waals surface area contributed by atoms with E-state index in [1.807, 2.05) is 77.5 Å². The van der Waals surface area contributed by atoms with Gasteiger partial charge in [-0.15, -0.1) is 15.0 Å². The number of nitrogens with zero attached hydrogens (tertiary/aromatic N) is 6. The minimum atomic E-state index is -0.869. The van der Waals surface area contributed by atoms with Gasteiger partial charge in [-0.05, 0) is 45.0 Å². The number of esters is 1. The molecule has 2 aromatic heterocycles. The van der Waals surface area contributed by atoms with Crippen molar-refractivity contribution in [2.24, 2.45) is 0 Å². The van der Waals surface area contributed by atoms with Gasteiger partial charge in [0.25, 0.3) is 0 Å². The summed E-state index contributed by atoms with van der Waals surface area (Å²) in [6.45, 7) is 9.06. The molecule has 0 radical (unpaired) electrons. The van der Waals surface area contributed by atoms with Crippen LogP contribution in [-0.4, -0.2) is 43.1 Å². The lowest BCUT2D eigenvalue weighted by molar-refractivity contribution is 0.0596. The Labute approximate surface area is 311 Å². The number of hydrogen-bond donors (Lipinski definition) is 0. The molecule has 0 aliphatic carbocycles. The molecule has 0 N–H and O–H groups in total. The van der Waals surface area contributed by atoms with Gasteiger partial charge in [-0.1, -0.05) is 167 Å². The van der Waals surface area contributed by atoms with Gasteiger partial charge in [-0.25, -0.2) is 4.79 Å². The lowest BCUT2D eigenvalue weighted by Crippen LogP contribution is -2.39. The number of ether oxygens (including phenoxy) is 1. The second-order valence-corrected chi connectivity index (χ2v) is 14.3. The zero-order chi connectivity index (χ0) is 37.0. The van der Waals surface area contributed by atoms with Crippen LogP contribution >= 0.6 is 0 Å². The van der Waals surface area contributed by atoms with E-state index in [1.54, 1.807) is 4.80 Å². The first-order valence-corrected chi connectivity index (χ1v) is 18.1. The molecule has 2 heterocycles. The van der Waals surface area contributed by atoms with E-state index in [2.05, 4.69) is 94.4 Å². The molecule has 0 atom stereocenters. The van der Waals surface area contributed by atoms with E-state index in [-0.39, 0.29) is 11.4 Å². The van der Waals surface area contributed by atoms with Gasteiger partial charge in [0, 0.05) is 23.9 Å². The summed E-state index contributed by atoms with van der Waals surface area (Å²) in [5.41, 5.74) is 8.03. The number of aromatic nitrogens is 6. The largest absolute Gasteiger partial charge is 0.465 e. The molecule has 0 spiro atoms. The summed E-state index contributed by atoms with van der Waals surface area (Å²) in [7, 11) is 1.43. The minimum absolute atomic E-state index is 0.316. The Hall–Kier alpha value is -6.15. The SMILES string of the molecule is CCCn1nc(C(C)(C)C)c(C(=O)OC)c1Cc1ccc(-c2ccccc2-c2nnn(C(c3ccccc3)(c3ccccc3)c3ccccc3)n2)cc1. The maximum Gasteiger partial charge on any atom is 0.341 e. The summed E-state index contributed by atoms with van der Waals surface area (Å²) < 4.78 is 7.24. The van der Waals surface area contributed by atoms with Crippen molar-refractivity contribution in [2.45, 2.75) is 58.0 Å². The maximum absolute atomic E-state index is 13.1. The van der Waals surface area contributed by atoms with Crippen LogP contribution in [-0.2, 0) is 28.7 Å². The van der Waals surface area contributed by atoms with Crippen molar-refractivity contribution < 1.29 is 9.53 Å². The Morgan fingerprint density at radius 3 is 1.72 bits per heavy atom. The lowest BCUT2D eigenvalue weighted by atomic mass is 9.77. The van der Waals surface area contributed by atoms with Gasteiger partial charge in [-0.3, -0.25) is 4.68 Å². The Bertz CT molecular complexity index is 2210. The number of tetrazole rings is 1. The first-order valence-electron chi connectivity index (χ1n) is 18.1. The number of carbonyl (C=O) groups excluding carboxylic acids is 1. The van der Waals surface area contributed by atoms with E-state index < -0.39 is 5.54 Å². The van der Waals surface area contributed by atoms with Crippen molar-refractivity contribution in [3.63, 3.8) is 0 Å². The summed E-state index contributed by atoms with van der Waals surface area (Å²) in [4.78, 5) is 14.9. The van der Waals surface area contributed by atoms with Gasteiger partial charge < -0.3 is 4.74 Å². The second kappa shape index (κ2) is 14.8. The van der Waals surface area contributed by atoms with Crippen LogP contribution in [0.3, 0.4) is 0 Å². The van der Waals surface area contributed by atoms with Crippen LogP contribution in [0.15, 0.2) is 140 Å². The highest BCUT2D eigenvalue weighted by molar-refractivity contribution is 5.92. The van der Waals surface area contributed by atoms with Gasteiger partial charge >= 0.3 is 5.97 Å². The predicted molar refractivity (Wildman–Crippen MR) is 209 cm³/mol. The van der Waals surface area contributed by atoms with Crippen LogP contribution in [0.4, 0.5) is 0 Å². The molecule has 8 nitrogen and oxygen atoms in total. The van der Waals surface area contributed by atoms with E-state index >= 15 is 0 Å². The maximum atomic E-state index is 13.1. The Morgan fingerprint density at radius 2 is 1.21 bits per heavy atom. The molecule has 53 heavy (non-hydrogen) atoms. The molecule has 8 heteroatoms. The van der Waals surface area contributed by atoms with Crippen molar-refractivity contribution in [1.82, 2.24) is 30.0 Å². The summed E-state index contributed by atoms with van der Waals surface area (Å²) in [5.74, 6) is 0.173. The van der Waals surface area contributed by atoms with Gasteiger partial charge in [0.2, 0.25) is 5.82 Å². The molecule has 0 saturated heterocycles. The van der Waals surface area contributed by atoms with Gasteiger partial charge in [0.15, 0.2) is 5.54 Å². The lowest BCUT2D eigenvalue weighted by Gasteiger charge is -2.34. The molecule has 0 fully saturated rings. The molecule has 0 amide bonds. The van der Waals surface area contributed by atoms with E-state index in [1.165, 1.54) is 7.11 Å². The van der Waals surface area contributed by atoms with Crippen molar-refractivity contribution in [3.05, 3.63) is 179 Å². The number of methoxy groups -OCH3 is 1. The molecule has 7 rings (SSSR count). The van der Waals surface area contributed by atoms with E-state index in [0.29, 0.717) is 24.4 Å². The molecule has 0 bridgehead atoms. The second-order valence-electron chi connectivity index (χ2n) is 14.3. The topological polar surface area (TPSA) is 87.7 Å². The normalized spacial score (nSPS) is 11.8. The third kappa shape index (κ3) is 6.68. The molecular weight excluding hydrogens is 657 g/mol. The number of carbonyl (C=O) groups is 1. The monoisotopic (exact) mass is 700 g/mol. The third-order valence-electron chi connectivity index (χ3n) is 9.69. The quantitative estimate of drug-likeness (QED) is 0.0989. The summed E-state index contributed by atoms with van der Waals surface area (Å²) in [6.07, 6.45) is 1.45. The van der Waals surface area contributed by atoms with E-state index in [9.17, 15) is 4.79 Å². The predicted octanol–water partition coefficient (Wildman–Crippen LogP) is 9.13. The zero-order valence-electron chi connectivity index (χ0n) is 30.9. The average Bonchev–Trinajstić information content (AvgIpc) is 3.83. The third-order valence-corrected chi connectivity index (χ3v) is 9.69. The highest BCUT2D eigenvalue weighted by Crippen LogP contribution is 2.40. The molecule has 266 valence electrons. The zero-order valence-corrected chi connectivity index (χ0v) is 30.9. The Morgan fingerprint density at radius 1 is 0.679 bits per heavy atom. The molecule has 0 aliphatic heterocycles. The van der Waals surface area contributed by atoms with Crippen molar-refractivity contribution in [1.29, 1.82) is 0 Å². The van der Waals surface area contributed by atoms with E-state index in [4.69, 9.17) is 25.2 Å². The highest BCUT2D eigenvalue weighted by atomic mass is 16.5. The first-order chi connectivity index (χ1) is 25.7. The van der Waals surface area contributed by atoms with Crippen LogP contribution in [0.1, 0.15) is 78.1 Å². The van der Waals surface area contributed by atoms with Crippen molar-refractivity contribution >= 4 is 5.97 Å². The molecular formula is C45H44N6O2. The van der Waals surface area contributed by atoms with Crippen LogP contribution in [0.25, 0.3) is 22.5 Å². The minimum Gasteiger partial charge on any atom is -0.465 e. The summed E-state index contributed by atoms with van der Waals surface area (Å²) in [5, 5.41) is 19.6. The molecule has 5 aromatic carbocycles. The smallest absolute Gasteiger partial charge is 0.341 e. The average molecular weight is 701 g/mol. The fraction of sp³-hybridized carbons (Fsp3) is 0.222. The fourth-order valence-corrected chi connectivity index (χ4v) is 7.19. The molecule has 7 aromatic rings. The molecule has 0 unspecified atom stereocenters. The van der Waals surface area contributed by atoms with Gasteiger partial charge in [0.05, 0.1) is 18.5 Å². The number of benzene rings is 5. The van der Waals surface area contributed by atoms with Crippen molar-refractivity contribution in [2.75, 3.05) is 7.11 Å². The van der Waals surface area contributed by atoms with Crippen LogP contribution < -0.4 is 0 Å². The fourth-order valence-electron chi connectivity index (χ4n) is 7.19. The Kier molecular flexibility index (Phi) is 9.87.